The average molecular weight is 297 g/mol. The molecule has 1 saturated heterocycles. The van der Waals surface area contributed by atoms with Crippen LogP contribution in [0.2, 0.25) is 0 Å². The van der Waals surface area contributed by atoms with E-state index in [1.165, 1.54) is 0 Å². The Balaban J connectivity index is 1.67. The largest absolute Gasteiger partial charge is 0.352 e. The molecule has 1 aromatic carbocycles. The van der Waals surface area contributed by atoms with E-state index in [1.807, 2.05) is 37.3 Å². The lowest BCUT2D eigenvalue weighted by atomic mass is 10.1. The van der Waals surface area contributed by atoms with Crippen molar-refractivity contribution in [3.63, 3.8) is 0 Å². The van der Waals surface area contributed by atoms with Gasteiger partial charge in [-0.15, -0.1) is 0 Å². The molecule has 5 nitrogen and oxygen atoms in total. The van der Waals surface area contributed by atoms with Crippen molar-refractivity contribution in [3.05, 3.63) is 42.1 Å². The molecule has 2 amide bonds. The molecule has 1 aliphatic rings. The normalized spacial score (nSPS) is 18.0. The number of rotatable bonds is 4. The molecule has 1 atom stereocenters. The highest BCUT2D eigenvalue weighted by Gasteiger charge is 2.33. The maximum atomic E-state index is 12.3. The number of aromatic nitrogens is 1. The number of nitrogens with one attached hydrogen (secondary N) is 1. The van der Waals surface area contributed by atoms with Gasteiger partial charge in [-0.2, -0.15) is 0 Å². The third-order valence-electron chi connectivity index (χ3n) is 4.16. The van der Waals surface area contributed by atoms with Crippen LogP contribution >= 0.6 is 0 Å². The van der Waals surface area contributed by atoms with Crippen LogP contribution in [0.25, 0.3) is 10.9 Å². The molecule has 5 heteroatoms. The number of hydrogen-bond acceptors (Lipinski definition) is 3. The summed E-state index contributed by atoms with van der Waals surface area (Å²) < 4.78 is 0. The highest BCUT2D eigenvalue weighted by atomic mass is 16.2. The van der Waals surface area contributed by atoms with E-state index in [2.05, 4.69) is 10.3 Å². The average Bonchev–Trinajstić information content (AvgIpc) is 2.93. The summed E-state index contributed by atoms with van der Waals surface area (Å²) in [5, 5.41) is 4.00. The van der Waals surface area contributed by atoms with E-state index in [4.69, 9.17) is 0 Å². The minimum Gasteiger partial charge on any atom is -0.352 e. The quantitative estimate of drug-likeness (QED) is 0.934. The minimum atomic E-state index is -0.236. The van der Waals surface area contributed by atoms with Crippen LogP contribution in [-0.4, -0.2) is 34.8 Å². The Bertz CT molecular complexity index is 709. The Morgan fingerprint density at radius 1 is 1.36 bits per heavy atom. The van der Waals surface area contributed by atoms with Crippen molar-refractivity contribution in [2.24, 2.45) is 5.92 Å². The van der Waals surface area contributed by atoms with Crippen molar-refractivity contribution >= 4 is 22.7 Å². The Morgan fingerprint density at radius 3 is 2.95 bits per heavy atom. The number of amides is 2. The lowest BCUT2D eigenvalue weighted by molar-refractivity contribution is -0.128. The summed E-state index contributed by atoms with van der Waals surface area (Å²) >= 11 is 0. The van der Waals surface area contributed by atoms with E-state index < -0.39 is 0 Å². The fraction of sp³-hybridized carbons (Fsp3) is 0.353. The monoisotopic (exact) mass is 297 g/mol. The number of nitrogens with zero attached hydrogens (tertiary/aromatic N) is 2. The molecule has 0 unspecified atom stereocenters. The highest BCUT2D eigenvalue weighted by molar-refractivity contribution is 5.89. The van der Waals surface area contributed by atoms with Crippen molar-refractivity contribution in [1.29, 1.82) is 0 Å². The molecule has 0 aliphatic carbocycles. The van der Waals surface area contributed by atoms with Gasteiger partial charge in [0, 0.05) is 37.6 Å². The molecule has 0 bridgehead atoms. The molecule has 0 spiro atoms. The first-order chi connectivity index (χ1) is 10.7. The number of para-hydroxylation sites is 1. The van der Waals surface area contributed by atoms with Gasteiger partial charge in [-0.3, -0.25) is 14.6 Å². The Hall–Kier alpha value is -2.43. The summed E-state index contributed by atoms with van der Waals surface area (Å²) in [6, 6.07) is 9.78. The van der Waals surface area contributed by atoms with Gasteiger partial charge in [-0.1, -0.05) is 18.2 Å². The van der Waals surface area contributed by atoms with E-state index in [0.717, 1.165) is 16.5 Å². The van der Waals surface area contributed by atoms with E-state index in [-0.39, 0.29) is 17.7 Å². The fourth-order valence-corrected chi connectivity index (χ4v) is 2.89. The SMILES string of the molecule is CCN1C[C@@H](C(=O)NCc2ccnc3ccccc23)CC1=O. The fourth-order valence-electron chi connectivity index (χ4n) is 2.89. The van der Waals surface area contributed by atoms with E-state index in [9.17, 15) is 9.59 Å². The number of benzene rings is 1. The van der Waals surface area contributed by atoms with Gasteiger partial charge in [0.25, 0.3) is 0 Å². The zero-order valence-corrected chi connectivity index (χ0v) is 12.6. The molecule has 22 heavy (non-hydrogen) atoms. The molecule has 0 saturated carbocycles. The summed E-state index contributed by atoms with van der Waals surface area (Å²) in [6.07, 6.45) is 2.07. The lowest BCUT2D eigenvalue weighted by Crippen LogP contribution is -2.32. The summed E-state index contributed by atoms with van der Waals surface area (Å²) in [6.45, 7) is 3.58. The number of carbonyl (C=O) groups excluding carboxylic acids is 2. The van der Waals surface area contributed by atoms with Crippen molar-refractivity contribution in [3.8, 4) is 0 Å². The summed E-state index contributed by atoms with van der Waals surface area (Å²) in [5.41, 5.74) is 1.96. The first kappa shape index (κ1) is 14.5. The first-order valence-electron chi connectivity index (χ1n) is 7.57. The van der Waals surface area contributed by atoms with Gasteiger partial charge in [-0.25, -0.2) is 0 Å². The van der Waals surface area contributed by atoms with E-state index in [0.29, 0.717) is 26.1 Å². The van der Waals surface area contributed by atoms with Crippen molar-refractivity contribution < 1.29 is 9.59 Å². The Labute approximate surface area is 129 Å². The summed E-state index contributed by atoms with van der Waals surface area (Å²) in [7, 11) is 0. The van der Waals surface area contributed by atoms with Crippen LogP contribution in [0.3, 0.4) is 0 Å². The second-order valence-corrected chi connectivity index (χ2v) is 5.54. The third-order valence-corrected chi connectivity index (χ3v) is 4.16. The minimum absolute atomic E-state index is 0.0507. The van der Waals surface area contributed by atoms with Gasteiger partial charge in [0.05, 0.1) is 11.4 Å². The maximum Gasteiger partial charge on any atom is 0.225 e. The van der Waals surface area contributed by atoms with Crippen molar-refractivity contribution in [1.82, 2.24) is 15.2 Å². The number of fused-ring (bicyclic) bond motifs is 1. The zero-order chi connectivity index (χ0) is 15.5. The second-order valence-electron chi connectivity index (χ2n) is 5.54. The van der Waals surface area contributed by atoms with Gasteiger partial charge >= 0.3 is 0 Å². The summed E-state index contributed by atoms with van der Waals surface area (Å²) in [5.74, 6) is -0.220. The van der Waals surface area contributed by atoms with Gasteiger partial charge in [0.2, 0.25) is 11.8 Å². The van der Waals surface area contributed by atoms with Crippen molar-refractivity contribution in [2.75, 3.05) is 13.1 Å². The molecule has 0 radical (unpaired) electrons. The molecule has 2 heterocycles. The second kappa shape index (κ2) is 6.13. The van der Waals surface area contributed by atoms with Gasteiger partial charge in [0.1, 0.15) is 0 Å². The summed E-state index contributed by atoms with van der Waals surface area (Å²) in [4.78, 5) is 30.0. The molecule has 1 N–H and O–H groups in total. The first-order valence-corrected chi connectivity index (χ1v) is 7.57. The zero-order valence-electron chi connectivity index (χ0n) is 12.6. The molecular weight excluding hydrogens is 278 g/mol. The molecule has 1 aromatic heterocycles. The van der Waals surface area contributed by atoms with E-state index in [1.54, 1.807) is 11.1 Å². The molecule has 1 aliphatic heterocycles. The lowest BCUT2D eigenvalue weighted by Gasteiger charge is -2.14. The molecule has 2 aromatic rings. The topological polar surface area (TPSA) is 62.3 Å². The van der Waals surface area contributed by atoms with Crippen LogP contribution < -0.4 is 5.32 Å². The van der Waals surface area contributed by atoms with Crippen LogP contribution in [-0.2, 0) is 16.1 Å². The van der Waals surface area contributed by atoms with Gasteiger partial charge in [0.15, 0.2) is 0 Å². The number of likely N-dealkylation sites (tertiary alicyclic amines) is 1. The number of carbonyl (C=O) groups is 2. The van der Waals surface area contributed by atoms with Crippen molar-refractivity contribution in [2.45, 2.75) is 19.9 Å². The number of hydrogen-bond donors (Lipinski definition) is 1. The van der Waals surface area contributed by atoms with Crippen LogP contribution in [0.15, 0.2) is 36.5 Å². The standard InChI is InChI=1S/C17H19N3O2/c1-2-20-11-13(9-16(20)21)17(22)19-10-12-7-8-18-15-6-4-3-5-14(12)15/h3-8,13H,2,9-11H2,1H3,(H,19,22)/t13-/m0/s1. The Kier molecular flexibility index (Phi) is 4.04. The Morgan fingerprint density at radius 2 is 2.18 bits per heavy atom. The van der Waals surface area contributed by atoms with Gasteiger partial charge < -0.3 is 10.2 Å². The van der Waals surface area contributed by atoms with E-state index >= 15 is 0 Å². The highest BCUT2D eigenvalue weighted by Crippen LogP contribution is 2.19. The molecule has 3 rings (SSSR count). The molecule has 1 fully saturated rings. The van der Waals surface area contributed by atoms with Gasteiger partial charge in [-0.05, 0) is 24.6 Å². The van der Waals surface area contributed by atoms with Crippen LogP contribution in [0.5, 0.6) is 0 Å². The smallest absolute Gasteiger partial charge is 0.225 e. The van der Waals surface area contributed by atoms with Crippen LogP contribution in [0, 0.1) is 5.92 Å². The maximum absolute atomic E-state index is 12.3. The predicted octanol–water partition coefficient (Wildman–Crippen LogP) is 1.72. The third kappa shape index (κ3) is 2.79. The molecule has 114 valence electrons. The predicted molar refractivity (Wildman–Crippen MR) is 84.0 cm³/mol. The number of pyridine rings is 1. The van der Waals surface area contributed by atoms with Crippen LogP contribution in [0.4, 0.5) is 0 Å². The van der Waals surface area contributed by atoms with Crippen LogP contribution in [0.1, 0.15) is 18.9 Å². The molecular formula is C17H19N3O2.